The van der Waals surface area contributed by atoms with E-state index in [1.165, 1.54) is 12.3 Å². The number of pyridine rings is 1. The van der Waals surface area contributed by atoms with E-state index in [0.29, 0.717) is 36.5 Å². The third-order valence-corrected chi connectivity index (χ3v) is 6.19. The van der Waals surface area contributed by atoms with Gasteiger partial charge in [-0.25, -0.2) is 0 Å². The van der Waals surface area contributed by atoms with Crippen molar-refractivity contribution >= 4 is 38.5 Å². The smallest absolute Gasteiger partial charge is 0.317 e. The average Bonchev–Trinajstić information content (AvgIpc) is 3.04. The van der Waals surface area contributed by atoms with E-state index < -0.39 is 0 Å². The first-order chi connectivity index (χ1) is 15.5. The van der Waals surface area contributed by atoms with Gasteiger partial charge in [0.1, 0.15) is 0 Å². The molecule has 0 saturated carbocycles. The molecule has 166 valence electrons. The van der Waals surface area contributed by atoms with Gasteiger partial charge in [0, 0.05) is 54.9 Å². The molecule has 32 heavy (non-hydrogen) atoms. The summed E-state index contributed by atoms with van der Waals surface area (Å²) in [4.78, 5) is 29.4. The maximum absolute atomic E-state index is 13.1. The van der Waals surface area contributed by atoms with Crippen molar-refractivity contribution in [1.29, 1.82) is 0 Å². The van der Waals surface area contributed by atoms with Crippen LogP contribution in [0.15, 0.2) is 65.3 Å². The molecular weight excluding hydrogens is 472 g/mol. The Labute approximate surface area is 195 Å². The molecule has 0 atom stereocenters. The summed E-state index contributed by atoms with van der Waals surface area (Å²) < 4.78 is 1.56. The van der Waals surface area contributed by atoms with E-state index in [1.807, 2.05) is 41.3 Å². The molecule has 0 radical (unpaired) electrons. The molecule has 2 amide bonds. The highest BCUT2D eigenvalue weighted by atomic mass is 79.9. The Morgan fingerprint density at radius 2 is 1.84 bits per heavy atom. The molecule has 0 bridgehead atoms. The van der Waals surface area contributed by atoms with Crippen LogP contribution in [0.2, 0.25) is 0 Å². The number of benzene rings is 2. The van der Waals surface area contributed by atoms with Crippen LogP contribution in [-0.4, -0.2) is 60.9 Å². The number of nitrogens with one attached hydrogen (secondary N) is 1. The minimum atomic E-state index is -0.379. The minimum absolute atomic E-state index is 0.0473. The number of nitrogens with zero attached hydrogens (tertiary/aromatic N) is 3. The summed E-state index contributed by atoms with van der Waals surface area (Å²) in [5.41, 5.74) is 0.785. The van der Waals surface area contributed by atoms with Crippen LogP contribution >= 0.6 is 15.9 Å². The first-order valence-electron chi connectivity index (χ1n) is 10.7. The Balaban J connectivity index is 1.30. The van der Waals surface area contributed by atoms with E-state index in [2.05, 4.69) is 26.1 Å². The van der Waals surface area contributed by atoms with Gasteiger partial charge in [0.05, 0.1) is 0 Å². The number of hydrogen-bond acceptors (Lipinski definition) is 4. The van der Waals surface area contributed by atoms with E-state index >= 15 is 0 Å². The Morgan fingerprint density at radius 3 is 2.69 bits per heavy atom. The molecule has 1 saturated heterocycles. The molecule has 7 nitrogen and oxygen atoms in total. The van der Waals surface area contributed by atoms with Gasteiger partial charge in [-0.3, -0.25) is 14.5 Å². The van der Waals surface area contributed by atoms with Gasteiger partial charge in [-0.2, -0.15) is 4.73 Å². The number of hydrogen-bond donors (Lipinski definition) is 1. The molecule has 0 unspecified atom stereocenters. The second kappa shape index (κ2) is 10.1. The summed E-state index contributed by atoms with van der Waals surface area (Å²) >= 11 is 3.49. The Bertz CT molecular complexity index is 1140. The lowest BCUT2D eigenvalue weighted by atomic mass is 10.1. The van der Waals surface area contributed by atoms with Crippen LogP contribution in [0, 0.1) is 5.21 Å². The average molecular weight is 497 g/mol. The zero-order chi connectivity index (χ0) is 22.5. The number of rotatable bonds is 5. The first-order valence-corrected chi connectivity index (χ1v) is 11.5. The van der Waals surface area contributed by atoms with Gasteiger partial charge < -0.3 is 15.4 Å². The Kier molecular flexibility index (Phi) is 7.02. The summed E-state index contributed by atoms with van der Waals surface area (Å²) in [6.07, 6.45) is 2.18. The second-order valence-electron chi connectivity index (χ2n) is 7.86. The van der Waals surface area contributed by atoms with Crippen molar-refractivity contribution in [3.05, 3.63) is 81.7 Å². The standard InChI is InChI=1S/C24H25BrN4O3/c25-21-8-7-18-5-6-19(16-20(18)17-21)24(31)28-11-3-10-27(14-15-28)13-9-26-23(30)22-4-1-2-12-29(22)32/h1-2,4-8,12,16-17H,3,9-11,13-15H2,(H,26,30). The molecule has 0 spiro atoms. The fourth-order valence-corrected chi connectivity index (χ4v) is 4.33. The molecule has 4 rings (SSSR count). The molecular formula is C24H25BrN4O3. The van der Waals surface area contributed by atoms with Crippen molar-refractivity contribution in [3.8, 4) is 0 Å². The molecule has 1 aliphatic heterocycles. The lowest BCUT2D eigenvalue weighted by molar-refractivity contribution is -0.607. The molecule has 2 aromatic carbocycles. The van der Waals surface area contributed by atoms with Crippen LogP contribution in [0.25, 0.3) is 10.8 Å². The van der Waals surface area contributed by atoms with E-state index in [0.717, 1.165) is 34.8 Å². The highest BCUT2D eigenvalue weighted by Gasteiger charge is 2.21. The van der Waals surface area contributed by atoms with E-state index in [9.17, 15) is 14.8 Å². The minimum Gasteiger partial charge on any atom is -0.618 e. The maximum Gasteiger partial charge on any atom is 0.317 e. The van der Waals surface area contributed by atoms with Crippen LogP contribution in [-0.2, 0) is 0 Å². The fraction of sp³-hybridized carbons (Fsp3) is 0.292. The quantitative estimate of drug-likeness (QED) is 0.435. The van der Waals surface area contributed by atoms with E-state index in [1.54, 1.807) is 12.1 Å². The molecule has 1 N–H and O–H groups in total. The zero-order valence-corrected chi connectivity index (χ0v) is 19.3. The predicted octanol–water partition coefficient (Wildman–Crippen LogP) is 2.81. The number of halogens is 1. The Morgan fingerprint density at radius 1 is 1.00 bits per heavy atom. The SMILES string of the molecule is O=C(NCCN1CCCN(C(=O)c2ccc3ccc(Br)cc3c2)CC1)c1cccc[n+]1[O-]. The van der Waals surface area contributed by atoms with Crippen molar-refractivity contribution in [2.24, 2.45) is 0 Å². The monoisotopic (exact) mass is 496 g/mol. The van der Waals surface area contributed by atoms with Crippen molar-refractivity contribution in [2.75, 3.05) is 39.3 Å². The third-order valence-electron chi connectivity index (χ3n) is 5.70. The largest absolute Gasteiger partial charge is 0.618 e. The van der Waals surface area contributed by atoms with Gasteiger partial charge in [-0.1, -0.05) is 28.1 Å². The topological polar surface area (TPSA) is 79.6 Å². The van der Waals surface area contributed by atoms with Gasteiger partial charge in [0.15, 0.2) is 6.20 Å². The first kappa shape index (κ1) is 22.2. The molecule has 2 heterocycles. The van der Waals surface area contributed by atoms with Crippen molar-refractivity contribution in [1.82, 2.24) is 15.1 Å². The number of carbonyl (C=O) groups is 2. The molecule has 3 aromatic rings. The summed E-state index contributed by atoms with van der Waals surface area (Å²) in [5, 5.41) is 16.6. The van der Waals surface area contributed by atoms with Gasteiger partial charge in [-0.05, 0) is 54.1 Å². The van der Waals surface area contributed by atoms with E-state index in [-0.39, 0.29) is 17.5 Å². The lowest BCUT2D eigenvalue weighted by Crippen LogP contribution is -2.42. The van der Waals surface area contributed by atoms with Crippen molar-refractivity contribution in [3.63, 3.8) is 0 Å². The summed E-state index contributed by atoms with van der Waals surface area (Å²) in [7, 11) is 0. The van der Waals surface area contributed by atoms with Crippen LogP contribution < -0.4 is 10.0 Å². The van der Waals surface area contributed by atoms with Crippen LogP contribution in [0.3, 0.4) is 0 Å². The normalized spacial score (nSPS) is 14.8. The van der Waals surface area contributed by atoms with Crippen molar-refractivity contribution < 1.29 is 14.3 Å². The van der Waals surface area contributed by atoms with Crippen LogP contribution in [0.4, 0.5) is 0 Å². The van der Waals surface area contributed by atoms with Crippen LogP contribution in [0.5, 0.6) is 0 Å². The number of aromatic nitrogens is 1. The maximum atomic E-state index is 13.1. The summed E-state index contributed by atoms with van der Waals surface area (Å²) in [6, 6.07) is 16.6. The van der Waals surface area contributed by atoms with Gasteiger partial charge >= 0.3 is 5.91 Å². The zero-order valence-electron chi connectivity index (χ0n) is 17.7. The molecule has 8 heteroatoms. The van der Waals surface area contributed by atoms with Gasteiger partial charge in [0.2, 0.25) is 0 Å². The Hall–Kier alpha value is -2.97. The fourth-order valence-electron chi connectivity index (χ4n) is 3.95. The predicted molar refractivity (Wildman–Crippen MR) is 126 cm³/mol. The lowest BCUT2D eigenvalue weighted by Gasteiger charge is -2.22. The van der Waals surface area contributed by atoms with Gasteiger partial charge in [-0.15, -0.1) is 0 Å². The highest BCUT2D eigenvalue weighted by molar-refractivity contribution is 9.10. The van der Waals surface area contributed by atoms with E-state index in [4.69, 9.17) is 0 Å². The van der Waals surface area contributed by atoms with Crippen LogP contribution in [0.1, 0.15) is 27.3 Å². The number of carbonyl (C=O) groups excluding carboxylic acids is 2. The summed E-state index contributed by atoms with van der Waals surface area (Å²) in [5.74, 6) is -0.332. The third kappa shape index (κ3) is 5.26. The molecule has 1 aliphatic rings. The van der Waals surface area contributed by atoms with Gasteiger partial charge in [0.25, 0.3) is 11.6 Å². The second-order valence-corrected chi connectivity index (χ2v) is 8.78. The number of amides is 2. The highest BCUT2D eigenvalue weighted by Crippen LogP contribution is 2.22. The molecule has 1 aromatic heterocycles. The molecule has 1 fully saturated rings. The number of fused-ring (bicyclic) bond motifs is 1. The molecule has 0 aliphatic carbocycles. The van der Waals surface area contributed by atoms with Crippen molar-refractivity contribution in [2.45, 2.75) is 6.42 Å². The summed E-state index contributed by atoms with van der Waals surface area (Å²) in [6.45, 7) is 4.07.